The lowest BCUT2D eigenvalue weighted by atomic mass is 9.88. The van der Waals surface area contributed by atoms with Gasteiger partial charge in [-0.1, -0.05) is 13.0 Å². The number of hydrogen-bond donors (Lipinski definition) is 2. The third kappa shape index (κ3) is 2.70. The van der Waals surface area contributed by atoms with Crippen LogP contribution in [-0.4, -0.2) is 17.7 Å². The Kier molecular flexibility index (Phi) is 3.22. The second kappa shape index (κ2) is 4.65. The van der Waals surface area contributed by atoms with Gasteiger partial charge in [-0.25, -0.2) is 0 Å². The van der Waals surface area contributed by atoms with Crippen molar-refractivity contribution >= 4 is 11.7 Å². The van der Waals surface area contributed by atoms with Crippen molar-refractivity contribution in [2.75, 3.05) is 12.3 Å². The van der Waals surface area contributed by atoms with Crippen LogP contribution in [-0.2, 0) is 16.0 Å². The summed E-state index contributed by atoms with van der Waals surface area (Å²) in [4.78, 5) is 11.6. The molecule has 0 spiro atoms. The number of rotatable bonds is 2. The number of esters is 1. The summed E-state index contributed by atoms with van der Waals surface area (Å²) in [7, 11) is 0. The van der Waals surface area contributed by atoms with Gasteiger partial charge < -0.3 is 15.6 Å². The van der Waals surface area contributed by atoms with Crippen LogP contribution in [0.25, 0.3) is 0 Å². The zero-order valence-corrected chi connectivity index (χ0v) is 9.85. The number of anilines is 1. The first-order valence-corrected chi connectivity index (χ1v) is 5.80. The van der Waals surface area contributed by atoms with E-state index in [1.165, 1.54) is 0 Å². The van der Waals surface area contributed by atoms with Crippen LogP contribution >= 0.6 is 0 Å². The molecule has 2 rings (SSSR count). The minimum atomic E-state index is -0.130. The summed E-state index contributed by atoms with van der Waals surface area (Å²) < 4.78 is 5.11. The Morgan fingerprint density at radius 3 is 3.00 bits per heavy atom. The molecule has 1 saturated heterocycles. The average molecular weight is 235 g/mol. The third-order valence-corrected chi connectivity index (χ3v) is 3.10. The number of carbonyl (C=O) groups is 1. The summed E-state index contributed by atoms with van der Waals surface area (Å²) in [5, 5.41) is 9.33. The number of phenols is 1. The van der Waals surface area contributed by atoms with Crippen molar-refractivity contribution in [1.82, 2.24) is 0 Å². The first-order chi connectivity index (χ1) is 8.06. The number of nitrogens with two attached hydrogens (primary N) is 1. The molecule has 1 unspecified atom stereocenters. The molecule has 17 heavy (non-hydrogen) atoms. The summed E-state index contributed by atoms with van der Waals surface area (Å²) in [6.07, 6.45) is 1.47. The van der Waals surface area contributed by atoms with Gasteiger partial charge in [-0.3, -0.25) is 4.79 Å². The highest BCUT2D eigenvalue weighted by Gasteiger charge is 2.28. The van der Waals surface area contributed by atoms with Crippen LogP contribution in [0.3, 0.4) is 0 Å². The van der Waals surface area contributed by atoms with Crippen LogP contribution in [0.5, 0.6) is 5.75 Å². The highest BCUT2D eigenvalue weighted by atomic mass is 16.5. The number of cyclic esters (lactones) is 1. The molecule has 4 nitrogen and oxygen atoms in total. The molecule has 1 fully saturated rings. The molecule has 0 bridgehead atoms. The topological polar surface area (TPSA) is 72.5 Å². The molecule has 0 amide bonds. The summed E-state index contributed by atoms with van der Waals surface area (Å²) in [6.45, 7) is 2.59. The number of aromatic hydroxyl groups is 1. The number of benzene rings is 1. The fourth-order valence-electron chi connectivity index (χ4n) is 2.17. The normalized spacial score (nSPS) is 24.4. The molecule has 0 aromatic heterocycles. The molecule has 0 radical (unpaired) electrons. The highest BCUT2D eigenvalue weighted by Crippen LogP contribution is 2.27. The number of carbonyl (C=O) groups excluding carboxylic acids is 1. The minimum Gasteiger partial charge on any atom is -0.506 e. The van der Waals surface area contributed by atoms with Gasteiger partial charge in [0.15, 0.2) is 0 Å². The van der Waals surface area contributed by atoms with Gasteiger partial charge >= 0.3 is 5.97 Å². The van der Waals surface area contributed by atoms with E-state index in [9.17, 15) is 9.90 Å². The maximum absolute atomic E-state index is 11.6. The van der Waals surface area contributed by atoms with E-state index < -0.39 is 0 Å². The Hall–Kier alpha value is -1.71. The maximum atomic E-state index is 11.6. The highest BCUT2D eigenvalue weighted by molar-refractivity contribution is 5.73. The molecule has 92 valence electrons. The van der Waals surface area contributed by atoms with Crippen LogP contribution in [0.15, 0.2) is 18.2 Å². The Morgan fingerprint density at radius 2 is 2.29 bits per heavy atom. The van der Waals surface area contributed by atoms with E-state index in [0.29, 0.717) is 24.6 Å². The van der Waals surface area contributed by atoms with Crippen molar-refractivity contribution in [1.29, 1.82) is 0 Å². The monoisotopic (exact) mass is 235 g/mol. The SMILES string of the molecule is C[C@H]1COC(=O)C(Cc2ccc(O)c(N)c2)C1. The molecule has 3 N–H and O–H groups in total. The molecule has 4 heteroatoms. The molecule has 1 aliphatic heterocycles. The smallest absolute Gasteiger partial charge is 0.309 e. The lowest BCUT2D eigenvalue weighted by Gasteiger charge is -2.25. The maximum Gasteiger partial charge on any atom is 0.309 e. The van der Waals surface area contributed by atoms with E-state index in [2.05, 4.69) is 6.92 Å². The second-order valence-electron chi connectivity index (χ2n) is 4.77. The fraction of sp³-hybridized carbons (Fsp3) is 0.462. The van der Waals surface area contributed by atoms with Crippen molar-refractivity contribution in [3.05, 3.63) is 23.8 Å². The number of nitrogen functional groups attached to an aromatic ring is 1. The van der Waals surface area contributed by atoms with E-state index in [4.69, 9.17) is 10.5 Å². The number of ether oxygens (including phenoxy) is 1. The third-order valence-electron chi connectivity index (χ3n) is 3.10. The lowest BCUT2D eigenvalue weighted by Crippen LogP contribution is -2.30. The van der Waals surface area contributed by atoms with Crippen LogP contribution in [0, 0.1) is 11.8 Å². The summed E-state index contributed by atoms with van der Waals surface area (Å²) in [6, 6.07) is 5.06. The average Bonchev–Trinajstić information content (AvgIpc) is 2.29. The summed E-state index contributed by atoms with van der Waals surface area (Å²) >= 11 is 0. The van der Waals surface area contributed by atoms with E-state index in [-0.39, 0.29) is 17.6 Å². The molecule has 0 aliphatic carbocycles. The van der Waals surface area contributed by atoms with E-state index in [0.717, 1.165) is 12.0 Å². The van der Waals surface area contributed by atoms with Gasteiger partial charge in [0.2, 0.25) is 0 Å². The zero-order chi connectivity index (χ0) is 12.4. The van der Waals surface area contributed by atoms with Gasteiger partial charge in [0.05, 0.1) is 18.2 Å². The zero-order valence-electron chi connectivity index (χ0n) is 9.85. The lowest BCUT2D eigenvalue weighted by molar-refractivity contribution is -0.155. The van der Waals surface area contributed by atoms with Crippen molar-refractivity contribution in [3.8, 4) is 5.75 Å². The molecule has 1 heterocycles. The number of phenolic OH excluding ortho intramolecular Hbond substituents is 1. The molecular formula is C13H17NO3. The van der Waals surface area contributed by atoms with E-state index in [1.54, 1.807) is 18.2 Å². The minimum absolute atomic E-state index is 0.0772. The van der Waals surface area contributed by atoms with Gasteiger partial charge in [-0.15, -0.1) is 0 Å². The molecule has 1 aromatic carbocycles. The fourth-order valence-corrected chi connectivity index (χ4v) is 2.17. The second-order valence-corrected chi connectivity index (χ2v) is 4.77. The van der Waals surface area contributed by atoms with Crippen LogP contribution < -0.4 is 5.73 Å². The van der Waals surface area contributed by atoms with Crippen molar-refractivity contribution in [2.24, 2.45) is 11.8 Å². The van der Waals surface area contributed by atoms with Crippen molar-refractivity contribution in [3.63, 3.8) is 0 Å². The standard InChI is InChI=1S/C13H17NO3/c1-8-4-10(13(16)17-7-8)5-9-2-3-12(15)11(14)6-9/h2-3,6,8,10,15H,4-5,7,14H2,1H3/t8-,10?/m1/s1. The Morgan fingerprint density at radius 1 is 1.53 bits per heavy atom. The molecule has 1 aliphatic rings. The largest absolute Gasteiger partial charge is 0.506 e. The van der Waals surface area contributed by atoms with Gasteiger partial charge in [0.25, 0.3) is 0 Å². The van der Waals surface area contributed by atoms with Crippen LogP contribution in [0.4, 0.5) is 5.69 Å². The van der Waals surface area contributed by atoms with Gasteiger partial charge in [-0.2, -0.15) is 0 Å². The predicted molar refractivity (Wildman–Crippen MR) is 64.5 cm³/mol. The molecular weight excluding hydrogens is 218 g/mol. The summed E-state index contributed by atoms with van der Waals surface area (Å²) in [5.41, 5.74) is 6.92. The Balaban J connectivity index is 2.08. The first kappa shape index (κ1) is 11.8. The van der Waals surface area contributed by atoms with Crippen molar-refractivity contribution < 1.29 is 14.6 Å². The van der Waals surface area contributed by atoms with Crippen molar-refractivity contribution in [2.45, 2.75) is 19.8 Å². The Labute approximate surface area is 100 Å². The quantitative estimate of drug-likeness (QED) is 0.465. The van der Waals surface area contributed by atoms with E-state index in [1.807, 2.05) is 0 Å². The summed E-state index contributed by atoms with van der Waals surface area (Å²) in [5.74, 6) is 0.262. The van der Waals surface area contributed by atoms with E-state index >= 15 is 0 Å². The van der Waals surface area contributed by atoms with Gasteiger partial charge in [0, 0.05) is 0 Å². The van der Waals surface area contributed by atoms with Gasteiger partial charge in [-0.05, 0) is 36.5 Å². The van der Waals surface area contributed by atoms with Gasteiger partial charge in [0.1, 0.15) is 5.75 Å². The molecule has 2 atom stereocenters. The van der Waals surface area contributed by atoms with Crippen LogP contribution in [0.2, 0.25) is 0 Å². The molecule has 1 aromatic rings. The Bertz CT molecular complexity index is 431. The number of hydrogen-bond acceptors (Lipinski definition) is 4. The van der Waals surface area contributed by atoms with Crippen LogP contribution in [0.1, 0.15) is 18.9 Å². The molecule has 0 saturated carbocycles. The predicted octanol–water partition coefficient (Wildman–Crippen LogP) is 1.72. The first-order valence-electron chi connectivity index (χ1n) is 5.80.